The summed E-state index contributed by atoms with van der Waals surface area (Å²) in [7, 11) is 0. The van der Waals surface area contributed by atoms with Gasteiger partial charge in [-0.25, -0.2) is 0 Å². The molecule has 4 nitrogen and oxygen atoms in total. The van der Waals surface area contributed by atoms with E-state index in [2.05, 4.69) is 22.2 Å². The molecule has 1 aromatic rings. The van der Waals surface area contributed by atoms with Crippen LogP contribution in [0.15, 0.2) is 12.4 Å². The van der Waals surface area contributed by atoms with Crippen LogP contribution in [0.5, 0.6) is 5.88 Å². The van der Waals surface area contributed by atoms with E-state index in [9.17, 15) is 0 Å². The van der Waals surface area contributed by atoms with Gasteiger partial charge in [0.25, 0.3) is 0 Å². The largest absolute Gasteiger partial charge is 0.474 e. The van der Waals surface area contributed by atoms with Gasteiger partial charge in [0.2, 0.25) is 5.88 Å². The lowest BCUT2D eigenvalue weighted by molar-refractivity contribution is 0.232. The third-order valence-corrected chi connectivity index (χ3v) is 3.32. The summed E-state index contributed by atoms with van der Waals surface area (Å²) < 4.78 is 5.52. The normalized spacial score (nSPS) is 16.9. The average molecular weight is 235 g/mol. The summed E-state index contributed by atoms with van der Waals surface area (Å²) in [6.07, 6.45) is 7.41. The lowest BCUT2D eigenvalue weighted by Gasteiger charge is -2.14. The maximum Gasteiger partial charge on any atom is 0.234 e. The highest BCUT2D eigenvalue weighted by Crippen LogP contribution is 2.48. The van der Waals surface area contributed by atoms with Crippen LogP contribution in [0.3, 0.4) is 0 Å². The van der Waals surface area contributed by atoms with Gasteiger partial charge >= 0.3 is 0 Å². The molecule has 0 atom stereocenters. The van der Waals surface area contributed by atoms with Crippen molar-refractivity contribution in [2.24, 2.45) is 5.41 Å². The molecule has 94 valence electrons. The van der Waals surface area contributed by atoms with Crippen LogP contribution in [0, 0.1) is 5.41 Å². The number of hydrogen-bond donors (Lipinski definition) is 1. The molecule has 0 aliphatic heterocycles. The van der Waals surface area contributed by atoms with E-state index in [4.69, 9.17) is 4.74 Å². The topological polar surface area (TPSA) is 47.0 Å². The second-order valence-electron chi connectivity index (χ2n) is 5.12. The summed E-state index contributed by atoms with van der Waals surface area (Å²) in [6.45, 7) is 7.21. The van der Waals surface area contributed by atoms with Gasteiger partial charge in [-0.3, -0.25) is 4.98 Å². The van der Waals surface area contributed by atoms with Crippen LogP contribution in [-0.2, 0) is 0 Å². The van der Waals surface area contributed by atoms with Crippen molar-refractivity contribution in [3.63, 3.8) is 0 Å². The van der Waals surface area contributed by atoms with Gasteiger partial charge in [0.1, 0.15) is 5.82 Å². The van der Waals surface area contributed by atoms with E-state index < -0.39 is 0 Å². The molecule has 1 heterocycles. The van der Waals surface area contributed by atoms with Crippen molar-refractivity contribution in [1.29, 1.82) is 0 Å². The van der Waals surface area contributed by atoms with Crippen molar-refractivity contribution < 1.29 is 4.74 Å². The Kier molecular flexibility index (Phi) is 3.50. The molecule has 1 aliphatic rings. The third kappa shape index (κ3) is 3.32. The molecule has 0 saturated heterocycles. The Morgan fingerprint density at radius 2 is 2.18 bits per heavy atom. The molecule has 1 aliphatic carbocycles. The molecule has 0 aromatic carbocycles. The molecule has 1 N–H and O–H groups in total. The minimum atomic E-state index is 0.130. The fourth-order valence-corrected chi connectivity index (χ4v) is 1.84. The van der Waals surface area contributed by atoms with E-state index in [1.165, 1.54) is 19.3 Å². The average Bonchev–Trinajstić information content (AvgIpc) is 3.07. The fourth-order valence-electron chi connectivity index (χ4n) is 1.84. The highest BCUT2D eigenvalue weighted by Gasteiger charge is 2.40. The van der Waals surface area contributed by atoms with Crippen LogP contribution < -0.4 is 10.1 Å². The molecule has 1 fully saturated rings. The summed E-state index contributed by atoms with van der Waals surface area (Å²) in [5.41, 5.74) is 0.511. The number of nitrogens with zero attached hydrogens (tertiary/aromatic N) is 2. The number of nitrogens with one attached hydrogen (secondary N) is 1. The van der Waals surface area contributed by atoms with Crippen molar-refractivity contribution >= 4 is 5.82 Å². The van der Waals surface area contributed by atoms with Crippen LogP contribution in [0.1, 0.15) is 40.0 Å². The Morgan fingerprint density at radius 3 is 2.76 bits per heavy atom. The first kappa shape index (κ1) is 12.1. The Hall–Kier alpha value is -1.32. The quantitative estimate of drug-likeness (QED) is 0.823. The van der Waals surface area contributed by atoms with E-state index in [0.717, 1.165) is 12.4 Å². The highest BCUT2D eigenvalue weighted by molar-refractivity contribution is 5.34. The zero-order valence-electron chi connectivity index (χ0n) is 10.9. The number of rotatable bonds is 6. The van der Waals surface area contributed by atoms with Crippen LogP contribution in [0.2, 0.25) is 0 Å². The lowest BCUT2D eigenvalue weighted by atomic mass is 10.0. The molecular weight excluding hydrogens is 214 g/mol. The molecule has 4 heteroatoms. The van der Waals surface area contributed by atoms with Gasteiger partial charge < -0.3 is 10.1 Å². The van der Waals surface area contributed by atoms with E-state index in [1.54, 1.807) is 12.4 Å². The lowest BCUT2D eigenvalue weighted by Crippen LogP contribution is -2.16. The van der Waals surface area contributed by atoms with Crippen molar-refractivity contribution in [2.45, 2.75) is 46.1 Å². The Bertz CT molecular complexity index is 375. The van der Waals surface area contributed by atoms with E-state index >= 15 is 0 Å². The predicted octanol–water partition coefficient (Wildman–Crippen LogP) is 2.87. The van der Waals surface area contributed by atoms with Gasteiger partial charge in [-0.2, -0.15) is 4.98 Å². The molecule has 0 unspecified atom stereocenters. The molecule has 0 bridgehead atoms. The maximum absolute atomic E-state index is 5.52. The third-order valence-electron chi connectivity index (χ3n) is 3.32. The van der Waals surface area contributed by atoms with Crippen LogP contribution in [-0.4, -0.2) is 22.6 Å². The SMILES string of the molecule is CCC1(CNc2cncc(OC(C)C)n2)CC1. The van der Waals surface area contributed by atoms with E-state index in [1.807, 2.05) is 13.8 Å². The summed E-state index contributed by atoms with van der Waals surface area (Å²) in [6, 6.07) is 0. The van der Waals surface area contributed by atoms with Gasteiger partial charge in [0.15, 0.2) is 0 Å². The van der Waals surface area contributed by atoms with Gasteiger partial charge in [0, 0.05) is 6.54 Å². The zero-order chi connectivity index (χ0) is 12.3. The Balaban J connectivity index is 1.92. The Morgan fingerprint density at radius 1 is 1.41 bits per heavy atom. The standard InChI is InChI=1S/C13H21N3O/c1-4-13(5-6-13)9-15-11-7-14-8-12(16-11)17-10(2)3/h7-8,10H,4-6,9H2,1-3H3,(H,15,16). The van der Waals surface area contributed by atoms with Gasteiger partial charge in [-0.15, -0.1) is 0 Å². The summed E-state index contributed by atoms with van der Waals surface area (Å²) >= 11 is 0. The minimum absolute atomic E-state index is 0.130. The Labute approximate surface area is 103 Å². The van der Waals surface area contributed by atoms with Crippen molar-refractivity contribution in [3.8, 4) is 5.88 Å². The first-order valence-electron chi connectivity index (χ1n) is 6.36. The molecule has 17 heavy (non-hydrogen) atoms. The van der Waals surface area contributed by atoms with Gasteiger partial charge in [0.05, 0.1) is 18.5 Å². The molecule has 2 rings (SSSR count). The second kappa shape index (κ2) is 4.90. The molecule has 0 amide bonds. The predicted molar refractivity (Wildman–Crippen MR) is 68.2 cm³/mol. The summed E-state index contributed by atoms with van der Waals surface area (Å²) in [5.74, 6) is 1.40. The van der Waals surface area contributed by atoms with Crippen molar-refractivity contribution in [3.05, 3.63) is 12.4 Å². The summed E-state index contributed by atoms with van der Waals surface area (Å²) in [4.78, 5) is 8.52. The maximum atomic E-state index is 5.52. The fraction of sp³-hybridized carbons (Fsp3) is 0.692. The van der Waals surface area contributed by atoms with Gasteiger partial charge in [-0.05, 0) is 38.5 Å². The minimum Gasteiger partial charge on any atom is -0.474 e. The molecule has 0 spiro atoms. The number of anilines is 1. The smallest absolute Gasteiger partial charge is 0.234 e. The van der Waals surface area contributed by atoms with Crippen molar-refractivity contribution in [2.75, 3.05) is 11.9 Å². The molecule has 1 aromatic heterocycles. The van der Waals surface area contributed by atoms with Crippen LogP contribution >= 0.6 is 0 Å². The molecular formula is C13H21N3O. The molecule has 1 saturated carbocycles. The van der Waals surface area contributed by atoms with E-state index in [-0.39, 0.29) is 6.10 Å². The summed E-state index contributed by atoms with van der Waals surface area (Å²) in [5, 5.41) is 3.36. The van der Waals surface area contributed by atoms with Crippen molar-refractivity contribution in [1.82, 2.24) is 9.97 Å². The number of ether oxygens (including phenoxy) is 1. The van der Waals surface area contributed by atoms with Crippen LogP contribution in [0.25, 0.3) is 0 Å². The van der Waals surface area contributed by atoms with E-state index in [0.29, 0.717) is 11.3 Å². The monoisotopic (exact) mass is 235 g/mol. The zero-order valence-corrected chi connectivity index (χ0v) is 10.9. The first-order valence-corrected chi connectivity index (χ1v) is 6.36. The molecule has 0 radical (unpaired) electrons. The number of aromatic nitrogens is 2. The first-order chi connectivity index (χ1) is 8.13. The highest BCUT2D eigenvalue weighted by atomic mass is 16.5. The van der Waals surface area contributed by atoms with Gasteiger partial charge in [-0.1, -0.05) is 6.92 Å². The van der Waals surface area contributed by atoms with Crippen LogP contribution in [0.4, 0.5) is 5.82 Å². The number of hydrogen-bond acceptors (Lipinski definition) is 4. The second-order valence-corrected chi connectivity index (χ2v) is 5.12.